The van der Waals surface area contributed by atoms with Crippen LogP contribution in [-0.2, 0) is 0 Å². The zero-order valence-corrected chi connectivity index (χ0v) is 18.8. The first-order valence-corrected chi connectivity index (χ1v) is 18.7. The van der Waals surface area contributed by atoms with Gasteiger partial charge in [0.25, 0.3) is 5.91 Å². The van der Waals surface area contributed by atoms with Gasteiger partial charge in [0.15, 0.2) is 30.7 Å². The molecule has 0 aliphatic carbocycles. The van der Waals surface area contributed by atoms with Crippen LogP contribution >= 0.6 is 85.5 Å². The zero-order chi connectivity index (χ0) is 15.1. The van der Waals surface area contributed by atoms with Gasteiger partial charge in [-0.05, 0) is 67.6 Å². The minimum atomic E-state index is -2.97. The standard InChI is InChI=1S/C6H15Cl6N3P3Si/c1-4-19(5-2,6-3)15-17(9,10)13-16(7,8)14-18(15,11)12/h4-6H2,1-3H3/q+1. The van der Waals surface area contributed by atoms with Gasteiger partial charge >= 0.3 is 6.27 Å². The van der Waals surface area contributed by atoms with Gasteiger partial charge in [-0.2, -0.15) is 4.52 Å². The van der Waals surface area contributed by atoms with Crippen molar-refractivity contribution in [2.24, 2.45) is 9.03 Å². The molecular weight excluding hydrogens is 448 g/mol. The predicted octanol–water partition coefficient (Wildman–Crippen LogP) is 9.31. The lowest BCUT2D eigenvalue weighted by molar-refractivity contribution is 0.953. The van der Waals surface area contributed by atoms with Crippen LogP contribution in [0.1, 0.15) is 20.8 Å². The lowest BCUT2D eigenvalue weighted by atomic mass is 10.9. The lowest BCUT2D eigenvalue weighted by Crippen LogP contribution is -2.46. The minimum absolute atomic E-state index is 0.920. The molecule has 0 fully saturated rings. The molecule has 0 spiro atoms. The second kappa shape index (κ2) is 6.74. The highest BCUT2D eigenvalue weighted by molar-refractivity contribution is 8.31. The van der Waals surface area contributed by atoms with E-state index < -0.39 is 26.3 Å². The first-order chi connectivity index (χ1) is 8.46. The maximum Gasteiger partial charge on any atom is 0.401 e. The molecule has 0 aromatic heterocycles. The summed E-state index contributed by atoms with van der Waals surface area (Å²) in [6.07, 6.45) is -2.92. The van der Waals surface area contributed by atoms with Crippen LogP contribution in [-0.4, -0.2) is 12.3 Å². The molecule has 0 saturated carbocycles. The van der Waals surface area contributed by atoms with Crippen molar-refractivity contribution >= 4 is 93.8 Å². The number of halogens is 6. The van der Waals surface area contributed by atoms with E-state index in [1.54, 1.807) is 0 Å². The fourth-order valence-corrected chi connectivity index (χ4v) is 36.8. The summed E-state index contributed by atoms with van der Waals surface area (Å²) in [5.74, 6) is -5.89. The highest BCUT2D eigenvalue weighted by Crippen LogP contribution is 2.96. The molecule has 19 heavy (non-hydrogen) atoms. The van der Waals surface area contributed by atoms with Crippen molar-refractivity contribution in [1.82, 2.24) is 4.11 Å². The molecule has 1 heterocycles. The molecule has 13 heteroatoms. The molecule has 0 atom stereocenters. The molecule has 0 saturated heterocycles. The van der Waals surface area contributed by atoms with E-state index in [-0.39, 0.29) is 0 Å². The summed E-state index contributed by atoms with van der Waals surface area (Å²) < 4.78 is 10.2. The Bertz CT molecular complexity index is 447. The van der Waals surface area contributed by atoms with Gasteiger partial charge in [-0.1, -0.05) is 24.9 Å². The van der Waals surface area contributed by atoms with Crippen molar-refractivity contribution in [3.8, 4) is 0 Å². The third-order valence-corrected chi connectivity index (χ3v) is 27.7. The van der Waals surface area contributed by atoms with Gasteiger partial charge in [0.2, 0.25) is 5.91 Å². The normalized spacial score (nSPS) is 25.5. The molecule has 3 nitrogen and oxygen atoms in total. The SMILES string of the molecule is CC[Si](CC)(CC)N1P(Cl)(Cl)=NP(Cl)(Cl)=N[P+]1(Cl)Cl. The molecule has 0 bridgehead atoms. The van der Waals surface area contributed by atoms with Crippen molar-refractivity contribution in [1.29, 1.82) is 0 Å². The van der Waals surface area contributed by atoms with E-state index in [4.69, 9.17) is 67.4 Å². The summed E-state index contributed by atoms with van der Waals surface area (Å²) >= 11 is 37.9. The third kappa shape index (κ3) is 4.21. The third-order valence-electron chi connectivity index (χ3n) is 3.28. The molecule has 1 aliphatic rings. The molecule has 0 radical (unpaired) electrons. The Hall–Kier alpha value is 2.81. The number of rotatable bonds is 4. The summed E-state index contributed by atoms with van der Waals surface area (Å²) in [5, 5.41) is 0. The maximum atomic E-state index is 6.46. The minimum Gasteiger partial charge on any atom is -0.186 e. The average molecular weight is 463 g/mol. The highest BCUT2D eigenvalue weighted by atomic mass is 35.9. The molecule has 0 N–H and O–H groups in total. The Kier molecular flexibility index (Phi) is 7.04. The molecule has 1 rings (SSSR count). The number of nitrogens with zero attached hydrogens (tertiary/aromatic N) is 3. The highest BCUT2D eigenvalue weighted by Gasteiger charge is 2.64. The van der Waals surface area contributed by atoms with E-state index in [1.165, 1.54) is 0 Å². The topological polar surface area (TPSA) is 28.0 Å². The van der Waals surface area contributed by atoms with E-state index in [2.05, 4.69) is 29.8 Å². The zero-order valence-electron chi connectivity index (χ0n) is 10.6. The molecule has 114 valence electrons. The van der Waals surface area contributed by atoms with Gasteiger partial charge in [-0.3, -0.25) is 0 Å². The van der Waals surface area contributed by atoms with E-state index in [9.17, 15) is 0 Å². The lowest BCUT2D eigenvalue weighted by Gasteiger charge is -2.41. The van der Waals surface area contributed by atoms with E-state index in [1.807, 2.05) is 4.11 Å². The van der Waals surface area contributed by atoms with Gasteiger partial charge in [0.1, 0.15) is 0 Å². The first kappa shape index (κ1) is 19.9. The Balaban J connectivity index is 3.52. The molecule has 0 aromatic rings. The summed E-state index contributed by atoms with van der Waals surface area (Å²) in [4.78, 5) is 0. The number of hydrogen-bond donors (Lipinski definition) is 0. The largest absolute Gasteiger partial charge is 0.401 e. The van der Waals surface area contributed by atoms with Gasteiger partial charge in [-0.25, -0.2) is 0 Å². The Morgan fingerprint density at radius 1 is 1.00 bits per heavy atom. The van der Waals surface area contributed by atoms with Gasteiger partial charge in [0, 0.05) is 0 Å². The van der Waals surface area contributed by atoms with Crippen molar-refractivity contribution < 1.29 is 0 Å². The fraction of sp³-hybridized carbons (Fsp3) is 1.00. The smallest absolute Gasteiger partial charge is 0.186 e. The molecular formula is C6H15Cl6N3P3Si+. The van der Waals surface area contributed by atoms with E-state index >= 15 is 0 Å². The van der Waals surface area contributed by atoms with E-state index in [0.717, 1.165) is 18.1 Å². The van der Waals surface area contributed by atoms with Crippen molar-refractivity contribution in [2.45, 2.75) is 38.9 Å². The van der Waals surface area contributed by atoms with Crippen LogP contribution in [0.3, 0.4) is 0 Å². The van der Waals surface area contributed by atoms with Crippen molar-refractivity contribution in [2.75, 3.05) is 0 Å². The Labute approximate surface area is 145 Å². The van der Waals surface area contributed by atoms with Crippen LogP contribution in [0.15, 0.2) is 9.03 Å². The molecule has 1 aliphatic heterocycles. The van der Waals surface area contributed by atoms with Crippen molar-refractivity contribution in [3.63, 3.8) is 0 Å². The van der Waals surface area contributed by atoms with Gasteiger partial charge in [0.05, 0.1) is 0 Å². The maximum absolute atomic E-state index is 6.46. The van der Waals surface area contributed by atoms with Crippen LogP contribution in [0, 0.1) is 0 Å². The Morgan fingerprint density at radius 3 is 1.74 bits per heavy atom. The predicted molar refractivity (Wildman–Crippen MR) is 99.8 cm³/mol. The van der Waals surface area contributed by atoms with Crippen LogP contribution in [0.4, 0.5) is 0 Å². The van der Waals surface area contributed by atoms with Crippen LogP contribution in [0.2, 0.25) is 18.1 Å². The summed E-state index contributed by atoms with van der Waals surface area (Å²) in [7, 11) is -2.03. The summed E-state index contributed by atoms with van der Waals surface area (Å²) in [5.41, 5.74) is 0. The number of hydrogen-bond acceptors (Lipinski definition) is 3. The second-order valence-electron chi connectivity index (χ2n) is 4.12. The van der Waals surface area contributed by atoms with Crippen LogP contribution in [0.5, 0.6) is 0 Å². The summed E-state index contributed by atoms with van der Waals surface area (Å²) in [6, 6.07) is 2.76. The molecule has 0 unspecified atom stereocenters. The molecule has 0 aromatic carbocycles. The average Bonchev–Trinajstić information content (AvgIpc) is 2.20. The first-order valence-electron chi connectivity index (χ1n) is 5.62. The monoisotopic (exact) mass is 460 g/mol. The fourth-order valence-electron chi connectivity index (χ4n) is 2.17. The second-order valence-corrected chi connectivity index (χ2v) is 25.2. The van der Waals surface area contributed by atoms with Crippen LogP contribution < -0.4 is 0 Å². The van der Waals surface area contributed by atoms with Crippen molar-refractivity contribution in [3.05, 3.63) is 0 Å². The summed E-state index contributed by atoms with van der Waals surface area (Å²) in [6.45, 7) is 6.29. The molecule has 0 amide bonds. The van der Waals surface area contributed by atoms with Gasteiger partial charge in [-0.15, -0.1) is 0 Å². The van der Waals surface area contributed by atoms with Crippen LogP contribution in [0.25, 0.3) is 0 Å². The Morgan fingerprint density at radius 2 is 1.42 bits per heavy atom. The van der Waals surface area contributed by atoms with E-state index in [0.29, 0.717) is 0 Å². The quantitative estimate of drug-likeness (QED) is 0.302. The van der Waals surface area contributed by atoms with Gasteiger partial charge < -0.3 is 0 Å².